The first-order valence-electron chi connectivity index (χ1n) is 6.54. The molecular formula is C14H16Cl2N2O3. The van der Waals surface area contributed by atoms with Crippen LogP contribution < -0.4 is 10.1 Å². The van der Waals surface area contributed by atoms with Gasteiger partial charge in [-0.2, -0.15) is 0 Å². The lowest BCUT2D eigenvalue weighted by Crippen LogP contribution is -2.33. The van der Waals surface area contributed by atoms with Crippen LogP contribution in [0.3, 0.4) is 0 Å². The summed E-state index contributed by atoms with van der Waals surface area (Å²) in [6.45, 7) is 1.01. The SMILES string of the molecule is CN1CC(CNC(=O)COc2ccc(Cl)cc2Cl)CC1=O. The van der Waals surface area contributed by atoms with Gasteiger partial charge in [-0.3, -0.25) is 9.59 Å². The number of amides is 2. The number of carbonyl (C=O) groups is 2. The van der Waals surface area contributed by atoms with Crippen LogP contribution in [0, 0.1) is 5.92 Å². The largest absolute Gasteiger partial charge is 0.482 e. The molecule has 1 fully saturated rings. The van der Waals surface area contributed by atoms with E-state index in [-0.39, 0.29) is 24.3 Å². The minimum Gasteiger partial charge on any atom is -0.482 e. The number of halogens is 2. The van der Waals surface area contributed by atoms with Crippen molar-refractivity contribution in [2.75, 3.05) is 26.7 Å². The quantitative estimate of drug-likeness (QED) is 0.897. The van der Waals surface area contributed by atoms with E-state index in [1.54, 1.807) is 30.1 Å². The third-order valence-electron chi connectivity index (χ3n) is 3.26. The summed E-state index contributed by atoms with van der Waals surface area (Å²) in [6, 6.07) is 4.81. The van der Waals surface area contributed by atoms with Gasteiger partial charge < -0.3 is 15.0 Å². The molecule has 1 aromatic carbocycles. The van der Waals surface area contributed by atoms with Crippen LogP contribution in [0.2, 0.25) is 10.0 Å². The van der Waals surface area contributed by atoms with Crippen LogP contribution >= 0.6 is 23.2 Å². The van der Waals surface area contributed by atoms with Gasteiger partial charge in [0.2, 0.25) is 5.91 Å². The first kappa shape index (κ1) is 15.9. The molecule has 5 nitrogen and oxygen atoms in total. The van der Waals surface area contributed by atoms with Gasteiger partial charge in [-0.15, -0.1) is 0 Å². The van der Waals surface area contributed by atoms with Crippen LogP contribution in [0.1, 0.15) is 6.42 Å². The molecule has 0 aliphatic carbocycles. The van der Waals surface area contributed by atoms with Gasteiger partial charge in [0.05, 0.1) is 5.02 Å². The summed E-state index contributed by atoms with van der Waals surface area (Å²) >= 11 is 11.7. The molecule has 0 radical (unpaired) electrons. The Labute approximate surface area is 133 Å². The number of nitrogens with one attached hydrogen (secondary N) is 1. The molecule has 0 aromatic heterocycles. The maximum atomic E-state index is 11.7. The number of hydrogen-bond donors (Lipinski definition) is 1. The van der Waals surface area contributed by atoms with Gasteiger partial charge in [0.25, 0.3) is 5.91 Å². The Bertz CT molecular complexity index is 551. The van der Waals surface area contributed by atoms with Gasteiger partial charge in [-0.1, -0.05) is 23.2 Å². The molecule has 0 bridgehead atoms. The highest BCUT2D eigenvalue weighted by molar-refractivity contribution is 6.35. The molecule has 7 heteroatoms. The fourth-order valence-corrected chi connectivity index (χ4v) is 2.60. The second kappa shape index (κ2) is 7.00. The van der Waals surface area contributed by atoms with Crippen molar-refractivity contribution in [3.8, 4) is 5.75 Å². The molecule has 2 amide bonds. The van der Waals surface area contributed by atoms with Crippen molar-refractivity contribution >= 4 is 35.0 Å². The van der Waals surface area contributed by atoms with Gasteiger partial charge >= 0.3 is 0 Å². The van der Waals surface area contributed by atoms with Crippen LogP contribution in [0.25, 0.3) is 0 Å². The van der Waals surface area contributed by atoms with Gasteiger partial charge in [0.1, 0.15) is 5.75 Å². The number of nitrogens with zero attached hydrogens (tertiary/aromatic N) is 1. The maximum Gasteiger partial charge on any atom is 0.257 e. The van der Waals surface area contributed by atoms with E-state index in [2.05, 4.69) is 5.32 Å². The second-order valence-corrected chi connectivity index (χ2v) is 5.86. The minimum absolute atomic E-state index is 0.110. The zero-order chi connectivity index (χ0) is 15.4. The van der Waals surface area contributed by atoms with Gasteiger partial charge in [0, 0.05) is 37.5 Å². The average Bonchev–Trinajstić information content (AvgIpc) is 2.74. The van der Waals surface area contributed by atoms with Crippen molar-refractivity contribution in [1.82, 2.24) is 10.2 Å². The fraction of sp³-hybridized carbons (Fsp3) is 0.429. The molecule has 0 spiro atoms. The normalized spacial score (nSPS) is 18.0. The molecule has 1 heterocycles. The summed E-state index contributed by atoms with van der Waals surface area (Å²) < 4.78 is 5.33. The van der Waals surface area contributed by atoms with Crippen LogP contribution in [0.5, 0.6) is 5.75 Å². The van der Waals surface area contributed by atoms with E-state index >= 15 is 0 Å². The first-order valence-corrected chi connectivity index (χ1v) is 7.30. The average molecular weight is 331 g/mol. The van der Waals surface area contributed by atoms with Crippen molar-refractivity contribution in [2.24, 2.45) is 5.92 Å². The summed E-state index contributed by atoms with van der Waals surface area (Å²) in [5, 5.41) is 3.62. The van der Waals surface area contributed by atoms with Crippen LogP contribution in [-0.4, -0.2) is 43.5 Å². The lowest BCUT2D eigenvalue weighted by molar-refractivity contribution is -0.126. The van der Waals surface area contributed by atoms with E-state index in [1.807, 2.05) is 0 Å². The zero-order valence-electron chi connectivity index (χ0n) is 11.6. The van der Waals surface area contributed by atoms with E-state index in [9.17, 15) is 9.59 Å². The molecule has 2 rings (SSSR count). The van der Waals surface area contributed by atoms with Crippen molar-refractivity contribution in [1.29, 1.82) is 0 Å². The smallest absolute Gasteiger partial charge is 0.257 e. The molecule has 1 aliphatic heterocycles. The Morgan fingerprint density at radius 1 is 1.48 bits per heavy atom. The molecule has 1 aliphatic rings. The van der Waals surface area contributed by atoms with Crippen molar-refractivity contribution < 1.29 is 14.3 Å². The van der Waals surface area contributed by atoms with Crippen LogP contribution in [-0.2, 0) is 9.59 Å². The van der Waals surface area contributed by atoms with E-state index in [4.69, 9.17) is 27.9 Å². The van der Waals surface area contributed by atoms with Crippen molar-refractivity contribution in [2.45, 2.75) is 6.42 Å². The highest BCUT2D eigenvalue weighted by atomic mass is 35.5. The minimum atomic E-state index is -0.247. The van der Waals surface area contributed by atoms with Gasteiger partial charge in [-0.25, -0.2) is 0 Å². The topological polar surface area (TPSA) is 58.6 Å². The first-order chi connectivity index (χ1) is 9.95. The lowest BCUT2D eigenvalue weighted by Gasteiger charge is -2.12. The third kappa shape index (κ3) is 4.51. The summed E-state index contributed by atoms with van der Waals surface area (Å²) in [5.74, 6) is 0.430. The number of ether oxygens (including phenoxy) is 1. The van der Waals surface area contributed by atoms with Gasteiger partial charge in [-0.05, 0) is 18.2 Å². The summed E-state index contributed by atoms with van der Waals surface area (Å²) in [7, 11) is 1.76. The van der Waals surface area contributed by atoms with E-state index in [0.717, 1.165) is 0 Å². The van der Waals surface area contributed by atoms with Crippen molar-refractivity contribution in [3.63, 3.8) is 0 Å². The summed E-state index contributed by atoms with van der Waals surface area (Å²) in [5.41, 5.74) is 0. The Morgan fingerprint density at radius 3 is 2.86 bits per heavy atom. The Morgan fingerprint density at radius 2 is 2.24 bits per heavy atom. The third-order valence-corrected chi connectivity index (χ3v) is 3.79. The number of rotatable bonds is 5. The predicted octanol–water partition coefficient (Wildman–Crippen LogP) is 1.97. The van der Waals surface area contributed by atoms with Crippen molar-refractivity contribution in [3.05, 3.63) is 28.2 Å². The maximum absolute atomic E-state index is 11.7. The molecular weight excluding hydrogens is 315 g/mol. The number of likely N-dealkylation sites (tertiary alicyclic amines) is 1. The number of hydrogen-bond acceptors (Lipinski definition) is 3. The predicted molar refractivity (Wildman–Crippen MR) is 80.7 cm³/mol. The molecule has 21 heavy (non-hydrogen) atoms. The van der Waals surface area contributed by atoms with E-state index < -0.39 is 0 Å². The summed E-state index contributed by atoms with van der Waals surface area (Å²) in [6.07, 6.45) is 0.473. The molecule has 1 atom stereocenters. The molecule has 1 aromatic rings. The number of carbonyl (C=O) groups excluding carboxylic acids is 2. The highest BCUT2D eigenvalue weighted by Gasteiger charge is 2.26. The Balaban J connectivity index is 1.74. The monoisotopic (exact) mass is 330 g/mol. The standard InChI is InChI=1S/C14H16Cl2N2O3/c1-18-7-9(4-14(18)20)6-17-13(19)8-21-12-3-2-10(15)5-11(12)16/h2-3,5,9H,4,6-8H2,1H3,(H,17,19). The van der Waals surface area contributed by atoms with Crippen LogP contribution in [0.15, 0.2) is 18.2 Å². The number of benzene rings is 1. The van der Waals surface area contributed by atoms with E-state index in [0.29, 0.717) is 35.3 Å². The lowest BCUT2D eigenvalue weighted by atomic mass is 10.1. The Hall–Kier alpha value is -1.46. The van der Waals surface area contributed by atoms with E-state index in [1.165, 1.54) is 0 Å². The fourth-order valence-electron chi connectivity index (χ4n) is 2.14. The highest BCUT2D eigenvalue weighted by Crippen LogP contribution is 2.27. The molecule has 114 valence electrons. The zero-order valence-corrected chi connectivity index (χ0v) is 13.1. The van der Waals surface area contributed by atoms with Gasteiger partial charge in [0.15, 0.2) is 6.61 Å². The molecule has 1 N–H and O–H groups in total. The molecule has 1 saturated heterocycles. The Kier molecular flexibility index (Phi) is 5.31. The van der Waals surface area contributed by atoms with Crippen LogP contribution in [0.4, 0.5) is 0 Å². The molecule has 1 unspecified atom stereocenters. The second-order valence-electron chi connectivity index (χ2n) is 5.01. The summed E-state index contributed by atoms with van der Waals surface area (Å²) in [4.78, 5) is 24.7. The molecule has 0 saturated carbocycles.